The van der Waals surface area contributed by atoms with Gasteiger partial charge in [0.1, 0.15) is 5.82 Å². The first-order valence-corrected chi connectivity index (χ1v) is 9.23. The molecule has 1 heterocycles. The molecule has 0 aliphatic heterocycles. The van der Waals surface area contributed by atoms with Crippen LogP contribution >= 0.6 is 23.5 Å². The Kier molecular flexibility index (Phi) is 7.32. The maximum atomic E-state index is 11.8. The zero-order valence-corrected chi connectivity index (χ0v) is 14.2. The number of rotatable bonds is 9. The first-order valence-electron chi connectivity index (χ1n) is 7.26. The smallest absolute Gasteiger partial charge is 0.230 e. The zero-order valence-electron chi connectivity index (χ0n) is 12.5. The summed E-state index contributed by atoms with van der Waals surface area (Å²) in [6.45, 7) is 2.75. The van der Waals surface area contributed by atoms with Gasteiger partial charge in [-0.2, -0.15) is 0 Å². The molecule has 2 rings (SSSR count). The fourth-order valence-corrected chi connectivity index (χ4v) is 3.18. The van der Waals surface area contributed by atoms with Gasteiger partial charge in [-0.25, -0.2) is 4.98 Å². The van der Waals surface area contributed by atoms with E-state index in [9.17, 15) is 4.79 Å². The van der Waals surface area contributed by atoms with Gasteiger partial charge >= 0.3 is 0 Å². The van der Waals surface area contributed by atoms with Crippen molar-refractivity contribution in [2.45, 2.75) is 29.8 Å². The molecular formula is C15H20N4OS2. The van der Waals surface area contributed by atoms with Gasteiger partial charge in [-0.15, -0.1) is 16.9 Å². The Labute approximate surface area is 139 Å². The highest BCUT2D eigenvalue weighted by molar-refractivity contribution is 7.99. The number of carbonyl (C=O) groups excluding carboxylic acids is 1. The van der Waals surface area contributed by atoms with Crippen LogP contribution in [0.15, 0.2) is 40.4 Å². The quantitative estimate of drug-likeness (QED) is 0.544. The second-order valence-corrected chi connectivity index (χ2v) is 6.73. The predicted octanol–water partition coefficient (Wildman–Crippen LogP) is 2.76. The zero-order chi connectivity index (χ0) is 15.6. The second kappa shape index (κ2) is 9.53. The van der Waals surface area contributed by atoms with E-state index >= 15 is 0 Å². The number of nitrogens with one attached hydrogen (secondary N) is 2. The molecule has 5 nitrogen and oxygen atoms in total. The minimum Gasteiger partial charge on any atom is -0.355 e. The molecule has 0 bridgehead atoms. The molecule has 0 saturated heterocycles. The lowest BCUT2D eigenvalue weighted by molar-refractivity contribution is -0.118. The third-order valence-corrected chi connectivity index (χ3v) is 4.63. The maximum Gasteiger partial charge on any atom is 0.230 e. The molecule has 0 aliphatic rings. The van der Waals surface area contributed by atoms with Crippen molar-refractivity contribution in [3.8, 4) is 0 Å². The van der Waals surface area contributed by atoms with Gasteiger partial charge in [0.15, 0.2) is 0 Å². The molecule has 0 radical (unpaired) electrons. The van der Waals surface area contributed by atoms with E-state index in [0.29, 0.717) is 17.5 Å². The highest BCUT2D eigenvalue weighted by atomic mass is 32.2. The third-order valence-electron chi connectivity index (χ3n) is 2.77. The number of aromatic amines is 1. The molecule has 118 valence electrons. The summed E-state index contributed by atoms with van der Waals surface area (Å²) in [4.78, 5) is 17.3. The van der Waals surface area contributed by atoms with Crippen LogP contribution in [0.2, 0.25) is 0 Å². The molecule has 1 aromatic heterocycles. The topological polar surface area (TPSA) is 70.7 Å². The number of hydrogen-bond acceptors (Lipinski definition) is 5. The summed E-state index contributed by atoms with van der Waals surface area (Å²) in [5.74, 6) is 2.10. The van der Waals surface area contributed by atoms with Gasteiger partial charge in [-0.05, 0) is 18.6 Å². The van der Waals surface area contributed by atoms with Gasteiger partial charge in [0, 0.05) is 23.6 Å². The normalized spacial score (nSPS) is 10.6. The highest BCUT2D eigenvalue weighted by Gasteiger charge is 2.07. The Morgan fingerprint density at radius 1 is 1.27 bits per heavy atom. The van der Waals surface area contributed by atoms with Gasteiger partial charge in [0.25, 0.3) is 0 Å². The van der Waals surface area contributed by atoms with E-state index in [-0.39, 0.29) is 5.91 Å². The number of benzene rings is 1. The summed E-state index contributed by atoms with van der Waals surface area (Å²) in [6.07, 6.45) is 1.91. The first kappa shape index (κ1) is 16.9. The molecule has 1 amide bonds. The van der Waals surface area contributed by atoms with Crippen LogP contribution in [0.3, 0.4) is 0 Å². The fraction of sp³-hybridized carbons (Fsp3) is 0.400. The van der Waals surface area contributed by atoms with Crippen molar-refractivity contribution in [1.29, 1.82) is 0 Å². The van der Waals surface area contributed by atoms with Crippen molar-refractivity contribution >= 4 is 29.4 Å². The number of H-pyrrole nitrogens is 1. The second-order valence-electron chi connectivity index (χ2n) is 4.61. The summed E-state index contributed by atoms with van der Waals surface area (Å²) in [5.41, 5.74) is 0. The molecule has 0 atom stereocenters. The molecular weight excluding hydrogens is 316 g/mol. The largest absolute Gasteiger partial charge is 0.355 e. The number of aryl methyl sites for hydroxylation is 1. The molecule has 22 heavy (non-hydrogen) atoms. The lowest BCUT2D eigenvalue weighted by Crippen LogP contribution is -2.27. The van der Waals surface area contributed by atoms with Crippen LogP contribution in [0.1, 0.15) is 19.2 Å². The Hall–Kier alpha value is -1.47. The van der Waals surface area contributed by atoms with E-state index in [2.05, 4.69) is 39.6 Å². The monoisotopic (exact) mass is 336 g/mol. The number of hydrogen-bond donors (Lipinski definition) is 2. The van der Waals surface area contributed by atoms with Crippen LogP contribution in [0, 0.1) is 0 Å². The number of nitrogens with zero attached hydrogens (tertiary/aromatic N) is 2. The highest BCUT2D eigenvalue weighted by Crippen LogP contribution is 2.16. The summed E-state index contributed by atoms with van der Waals surface area (Å²) in [5, 5.41) is 10.5. The van der Waals surface area contributed by atoms with E-state index in [1.807, 2.05) is 18.2 Å². The van der Waals surface area contributed by atoms with Gasteiger partial charge in [-0.1, -0.05) is 36.9 Å². The molecule has 0 aliphatic carbocycles. The van der Waals surface area contributed by atoms with Gasteiger partial charge in [-0.3, -0.25) is 9.89 Å². The average molecular weight is 336 g/mol. The minimum absolute atomic E-state index is 0.0144. The molecule has 7 heteroatoms. The maximum absolute atomic E-state index is 11.8. The molecule has 2 N–H and O–H groups in total. The van der Waals surface area contributed by atoms with Crippen LogP contribution in [0.25, 0.3) is 0 Å². The summed E-state index contributed by atoms with van der Waals surface area (Å²) in [6, 6.07) is 10.2. The minimum atomic E-state index is 0.0144. The Morgan fingerprint density at radius 3 is 2.86 bits per heavy atom. The van der Waals surface area contributed by atoms with Crippen LogP contribution in [0.4, 0.5) is 0 Å². The van der Waals surface area contributed by atoms with Crippen molar-refractivity contribution in [3.05, 3.63) is 36.2 Å². The van der Waals surface area contributed by atoms with Gasteiger partial charge < -0.3 is 5.32 Å². The van der Waals surface area contributed by atoms with E-state index < -0.39 is 0 Å². The number of carbonyl (C=O) groups is 1. The standard InChI is InChI=1S/C15H20N4OS2/c1-2-6-13-17-15(19-18-13)22-11-14(20)16-9-10-21-12-7-4-3-5-8-12/h3-5,7-8H,2,6,9-11H2,1H3,(H,16,20)(H,17,18,19). The lowest BCUT2D eigenvalue weighted by atomic mass is 10.3. The van der Waals surface area contributed by atoms with Crippen LogP contribution in [-0.2, 0) is 11.2 Å². The predicted molar refractivity (Wildman–Crippen MR) is 91.3 cm³/mol. The number of aromatic nitrogens is 3. The molecule has 1 aromatic carbocycles. The summed E-state index contributed by atoms with van der Waals surface area (Å²) >= 11 is 3.09. The Bertz CT molecular complexity index is 574. The van der Waals surface area contributed by atoms with E-state index in [1.165, 1.54) is 16.7 Å². The van der Waals surface area contributed by atoms with Crippen LogP contribution in [0.5, 0.6) is 0 Å². The molecule has 0 fully saturated rings. The van der Waals surface area contributed by atoms with Crippen molar-refractivity contribution < 1.29 is 4.79 Å². The number of amides is 1. The van der Waals surface area contributed by atoms with Crippen LogP contribution < -0.4 is 5.32 Å². The average Bonchev–Trinajstić information content (AvgIpc) is 2.99. The van der Waals surface area contributed by atoms with Crippen molar-refractivity contribution in [2.75, 3.05) is 18.1 Å². The summed E-state index contributed by atoms with van der Waals surface area (Å²) in [7, 11) is 0. The first-order chi connectivity index (χ1) is 10.8. The Morgan fingerprint density at radius 2 is 2.09 bits per heavy atom. The lowest BCUT2D eigenvalue weighted by Gasteiger charge is -2.04. The number of thioether (sulfide) groups is 2. The molecule has 2 aromatic rings. The van der Waals surface area contributed by atoms with E-state index in [0.717, 1.165) is 24.4 Å². The fourth-order valence-electron chi connectivity index (χ4n) is 1.75. The van der Waals surface area contributed by atoms with Crippen molar-refractivity contribution in [3.63, 3.8) is 0 Å². The Balaban J connectivity index is 1.59. The molecule has 0 unspecified atom stereocenters. The SMILES string of the molecule is CCCc1nc(SCC(=O)NCCSc2ccccc2)n[nH]1. The van der Waals surface area contributed by atoms with E-state index in [4.69, 9.17) is 0 Å². The van der Waals surface area contributed by atoms with Crippen molar-refractivity contribution in [2.24, 2.45) is 0 Å². The third kappa shape index (κ3) is 6.11. The van der Waals surface area contributed by atoms with E-state index in [1.54, 1.807) is 11.8 Å². The van der Waals surface area contributed by atoms with Gasteiger partial charge in [0.05, 0.1) is 5.75 Å². The molecule has 0 spiro atoms. The summed E-state index contributed by atoms with van der Waals surface area (Å²) < 4.78 is 0. The van der Waals surface area contributed by atoms with Crippen molar-refractivity contribution in [1.82, 2.24) is 20.5 Å². The van der Waals surface area contributed by atoms with Crippen LogP contribution in [-0.4, -0.2) is 39.1 Å². The van der Waals surface area contributed by atoms with Gasteiger partial charge in [0.2, 0.25) is 11.1 Å². The molecule has 0 saturated carbocycles.